The van der Waals surface area contributed by atoms with Gasteiger partial charge < -0.3 is 30.0 Å². The number of aliphatic carboxylic acids is 4. The third kappa shape index (κ3) is 48.7. The molecule has 0 unspecified atom stereocenters. The Hall–Kier alpha value is -1.84. The Morgan fingerprint density at radius 2 is 0.879 bits per heavy atom. The van der Waals surface area contributed by atoms with Gasteiger partial charge in [0.05, 0.1) is 11.9 Å². The Bertz CT molecular complexity index is 479. The number of carboxylic acids is 4. The van der Waals surface area contributed by atoms with Gasteiger partial charge in [0.1, 0.15) is 0 Å². The molecular formula is C24H40O8Sn. The maximum absolute atomic E-state index is 9.53. The minimum absolute atomic E-state index is 0.0736. The fourth-order valence-corrected chi connectivity index (χ4v) is 6.03. The van der Waals surface area contributed by atoms with Gasteiger partial charge in [-0.2, -0.15) is 0 Å². The zero-order chi connectivity index (χ0) is 25.7. The van der Waals surface area contributed by atoms with Gasteiger partial charge in [0.15, 0.2) is 0 Å². The summed E-state index contributed by atoms with van der Waals surface area (Å²) in [5.74, 6) is -5.61. The number of carbonyl (C=O) groups excluding carboxylic acids is 2. The van der Waals surface area contributed by atoms with E-state index in [1.807, 2.05) is 0 Å². The number of carboxylic acid groups (broad SMARTS) is 4. The number of carbonyl (C=O) groups is 4. The van der Waals surface area contributed by atoms with Crippen molar-refractivity contribution in [2.45, 2.75) is 99.8 Å². The van der Waals surface area contributed by atoms with Crippen molar-refractivity contribution in [2.24, 2.45) is 0 Å². The van der Waals surface area contributed by atoms with Gasteiger partial charge in [-0.1, -0.05) is 0 Å². The monoisotopic (exact) mass is 576 g/mol. The number of rotatable bonds is 18. The van der Waals surface area contributed by atoms with Crippen LogP contribution in [0.3, 0.4) is 0 Å². The Balaban J connectivity index is -0.000000468. The number of hydrogen-bond donors (Lipinski definition) is 2. The van der Waals surface area contributed by atoms with Crippen LogP contribution in [0.5, 0.6) is 0 Å². The molecule has 0 aromatic rings. The van der Waals surface area contributed by atoms with Gasteiger partial charge in [-0.3, -0.25) is 0 Å². The normalized spacial score (nSPS) is 10.0. The predicted octanol–water partition coefficient (Wildman–Crippen LogP) is 3.00. The van der Waals surface area contributed by atoms with Crippen molar-refractivity contribution in [2.75, 3.05) is 0 Å². The Labute approximate surface area is 208 Å². The summed E-state index contributed by atoms with van der Waals surface area (Å²) in [7, 11) is 0. The smallest absolute Gasteiger partial charge is 0.328 e. The standard InChI is InChI=1S/2C8H17.2C4H4O4.Sn/c2*1-3-5-7-8-6-4-2;2*5-3(6)1-2-4(7)8;/h2*1,3-8H2,2H3;2*1-2H,(H,5,6)(H,7,8);/q;;;;+2/p-2/b;;2*2-1-;. The Morgan fingerprint density at radius 3 is 1.12 bits per heavy atom. The van der Waals surface area contributed by atoms with E-state index in [-0.39, 0.29) is 21.1 Å². The predicted molar refractivity (Wildman–Crippen MR) is 126 cm³/mol. The van der Waals surface area contributed by atoms with Crippen molar-refractivity contribution in [3.63, 3.8) is 0 Å². The van der Waals surface area contributed by atoms with E-state index in [0.717, 1.165) is 0 Å². The first-order chi connectivity index (χ1) is 15.7. The summed E-state index contributed by atoms with van der Waals surface area (Å²) in [6.07, 6.45) is 19.7. The van der Waals surface area contributed by atoms with Crippen molar-refractivity contribution in [3.05, 3.63) is 24.3 Å². The van der Waals surface area contributed by atoms with Gasteiger partial charge in [-0.05, 0) is 12.2 Å². The van der Waals surface area contributed by atoms with E-state index >= 15 is 0 Å². The molecule has 0 atom stereocenters. The van der Waals surface area contributed by atoms with Crippen molar-refractivity contribution in [1.82, 2.24) is 0 Å². The van der Waals surface area contributed by atoms with E-state index in [1.54, 1.807) is 21.7 Å². The molecule has 0 rings (SSSR count). The van der Waals surface area contributed by atoms with E-state index in [4.69, 9.17) is 10.2 Å². The first kappa shape index (κ1) is 35.7. The van der Waals surface area contributed by atoms with Crippen molar-refractivity contribution in [3.8, 4) is 0 Å². The van der Waals surface area contributed by atoms with Gasteiger partial charge >= 0.3 is 133 Å². The van der Waals surface area contributed by atoms with Crippen LogP contribution in [-0.2, 0) is 19.2 Å². The van der Waals surface area contributed by atoms with Crippen molar-refractivity contribution in [1.29, 1.82) is 0 Å². The van der Waals surface area contributed by atoms with Crippen LogP contribution in [0.1, 0.15) is 90.9 Å². The summed E-state index contributed by atoms with van der Waals surface area (Å²) in [5.41, 5.74) is 0. The maximum Gasteiger partial charge on any atom is 0.328 e. The van der Waals surface area contributed by atoms with Crippen LogP contribution in [0, 0.1) is 0 Å². The molecule has 33 heavy (non-hydrogen) atoms. The van der Waals surface area contributed by atoms with Crippen molar-refractivity contribution < 1.29 is 39.6 Å². The molecule has 0 aromatic heterocycles. The average Bonchev–Trinajstić information content (AvgIpc) is 2.75. The molecule has 0 heterocycles. The second-order valence-corrected chi connectivity index (χ2v) is 11.5. The van der Waals surface area contributed by atoms with E-state index in [9.17, 15) is 29.4 Å². The molecule has 0 aromatic carbocycles. The molecule has 0 radical (unpaired) electrons. The van der Waals surface area contributed by atoms with Crippen LogP contribution in [0.2, 0.25) is 8.87 Å². The minimum Gasteiger partial charge on any atom is -0.545 e. The van der Waals surface area contributed by atoms with Gasteiger partial charge in [0.25, 0.3) is 0 Å². The molecule has 2 N–H and O–H groups in total. The van der Waals surface area contributed by atoms with Crippen molar-refractivity contribution >= 4 is 45.0 Å². The molecule has 0 spiro atoms. The molecule has 9 heteroatoms. The second-order valence-electron chi connectivity index (χ2n) is 7.27. The van der Waals surface area contributed by atoms with Crippen LogP contribution in [0.25, 0.3) is 0 Å². The first-order valence-corrected chi connectivity index (χ1v) is 15.7. The van der Waals surface area contributed by atoms with Gasteiger partial charge in [0.2, 0.25) is 0 Å². The number of hydrogen-bond acceptors (Lipinski definition) is 6. The quantitative estimate of drug-likeness (QED) is 0.144. The topological polar surface area (TPSA) is 155 Å². The molecule has 0 saturated heterocycles. The van der Waals surface area contributed by atoms with Crippen LogP contribution in [0.4, 0.5) is 0 Å². The average molecular weight is 575 g/mol. The second kappa shape index (κ2) is 30.2. The molecule has 0 aliphatic rings. The summed E-state index contributed by atoms with van der Waals surface area (Å²) >= 11 is 0.0736. The fraction of sp³-hybridized carbons (Fsp3) is 0.667. The largest absolute Gasteiger partial charge is 0.545 e. The van der Waals surface area contributed by atoms with E-state index < -0.39 is 23.9 Å². The fourth-order valence-electron chi connectivity index (χ4n) is 2.46. The molecule has 0 aliphatic carbocycles. The number of unbranched alkanes of at least 4 members (excludes halogenated alkanes) is 10. The zero-order valence-electron chi connectivity index (χ0n) is 20.1. The molecule has 8 nitrogen and oxygen atoms in total. The van der Waals surface area contributed by atoms with E-state index in [2.05, 4.69) is 13.8 Å². The minimum atomic E-state index is -1.51. The third-order valence-electron chi connectivity index (χ3n) is 4.14. The first-order valence-electron chi connectivity index (χ1n) is 11.6. The van der Waals surface area contributed by atoms with Crippen LogP contribution in [-0.4, -0.2) is 55.2 Å². The summed E-state index contributed by atoms with van der Waals surface area (Å²) < 4.78 is 3.31. The molecule has 188 valence electrons. The third-order valence-corrected chi connectivity index (χ3v) is 8.17. The zero-order valence-corrected chi connectivity index (χ0v) is 22.9. The molecule has 0 bridgehead atoms. The summed E-state index contributed by atoms with van der Waals surface area (Å²) in [6, 6.07) is 0. The molecule has 0 amide bonds. The molecule has 0 fully saturated rings. The van der Waals surface area contributed by atoms with E-state index in [0.29, 0.717) is 24.3 Å². The SMILES string of the molecule is CCCCCCC[CH2][Sn+2][CH2]CCCCCCC.O=C([O-])/C=C\C(=O)O.O=C([O-])/C=C\C(=O)O. The van der Waals surface area contributed by atoms with Crippen LogP contribution in [0.15, 0.2) is 24.3 Å². The maximum atomic E-state index is 9.53. The van der Waals surface area contributed by atoms with E-state index in [1.165, 1.54) is 64.2 Å². The van der Waals surface area contributed by atoms with Crippen LogP contribution >= 0.6 is 0 Å². The Morgan fingerprint density at radius 1 is 0.576 bits per heavy atom. The van der Waals surface area contributed by atoms with Gasteiger partial charge in [-0.15, -0.1) is 0 Å². The van der Waals surface area contributed by atoms with Gasteiger partial charge in [-0.25, -0.2) is 9.59 Å². The Kier molecular flexibility index (Phi) is 32.7. The molecule has 0 aliphatic heterocycles. The summed E-state index contributed by atoms with van der Waals surface area (Å²) in [4.78, 5) is 37.9. The summed E-state index contributed by atoms with van der Waals surface area (Å²) in [6.45, 7) is 4.60. The van der Waals surface area contributed by atoms with Gasteiger partial charge in [0, 0.05) is 12.2 Å². The molecular weight excluding hydrogens is 535 g/mol. The summed E-state index contributed by atoms with van der Waals surface area (Å²) in [5, 5.41) is 34.5. The van der Waals surface area contributed by atoms with Crippen LogP contribution < -0.4 is 10.2 Å². The molecule has 0 saturated carbocycles.